The van der Waals surface area contributed by atoms with Gasteiger partial charge >= 0.3 is 0 Å². The smallest absolute Gasteiger partial charge is 0.122 e. The van der Waals surface area contributed by atoms with Crippen LogP contribution in [-0.2, 0) is 0 Å². The summed E-state index contributed by atoms with van der Waals surface area (Å²) in [6.45, 7) is 7.07. The van der Waals surface area contributed by atoms with Crippen molar-refractivity contribution >= 4 is 0 Å². The summed E-state index contributed by atoms with van der Waals surface area (Å²) >= 11 is 0. The number of hydrogen-bond donors (Lipinski definition) is 1. The zero-order chi connectivity index (χ0) is 12.3. The molecule has 94 valence electrons. The Morgan fingerprint density at radius 1 is 1.47 bits per heavy atom. The lowest BCUT2D eigenvalue weighted by atomic mass is 10.1. The van der Waals surface area contributed by atoms with E-state index in [0.717, 1.165) is 31.8 Å². The Morgan fingerprint density at radius 3 is 2.82 bits per heavy atom. The fourth-order valence-corrected chi connectivity index (χ4v) is 2.22. The van der Waals surface area contributed by atoms with Crippen molar-refractivity contribution in [3.8, 4) is 5.75 Å². The summed E-state index contributed by atoms with van der Waals surface area (Å²) < 4.78 is 5.90. The van der Waals surface area contributed by atoms with Crippen LogP contribution in [0.25, 0.3) is 0 Å². The summed E-state index contributed by atoms with van der Waals surface area (Å²) in [5.74, 6) is 0.902. The van der Waals surface area contributed by atoms with Gasteiger partial charge in [0.05, 0.1) is 0 Å². The summed E-state index contributed by atoms with van der Waals surface area (Å²) in [6.07, 6.45) is 4.86. The van der Waals surface area contributed by atoms with Crippen LogP contribution in [0.5, 0.6) is 5.75 Å². The van der Waals surface area contributed by atoms with Crippen molar-refractivity contribution in [3.63, 3.8) is 0 Å². The molecule has 1 aliphatic heterocycles. The van der Waals surface area contributed by atoms with Crippen LogP contribution in [0.4, 0.5) is 0 Å². The van der Waals surface area contributed by atoms with Crippen molar-refractivity contribution < 1.29 is 4.74 Å². The molecule has 1 aromatic heterocycles. The summed E-state index contributed by atoms with van der Waals surface area (Å²) in [5.41, 5.74) is 5.89. The Kier molecular flexibility index (Phi) is 3.64. The van der Waals surface area contributed by atoms with Crippen LogP contribution in [0.1, 0.15) is 20.3 Å². The maximum Gasteiger partial charge on any atom is 0.122 e. The second kappa shape index (κ2) is 5.02. The molecule has 1 saturated heterocycles. The highest BCUT2D eigenvalue weighted by Gasteiger charge is 2.27. The Morgan fingerprint density at radius 2 is 2.18 bits per heavy atom. The summed E-state index contributed by atoms with van der Waals surface area (Å²) in [4.78, 5) is 6.34. The second-order valence-corrected chi connectivity index (χ2v) is 5.44. The normalized spacial score (nSPS) is 21.7. The third-order valence-corrected chi connectivity index (χ3v) is 2.81. The fourth-order valence-electron chi connectivity index (χ4n) is 2.22. The Balaban J connectivity index is 1.82. The number of ether oxygens (including phenoxy) is 1. The van der Waals surface area contributed by atoms with E-state index in [-0.39, 0.29) is 11.6 Å². The number of rotatable bonds is 4. The van der Waals surface area contributed by atoms with E-state index in [9.17, 15) is 0 Å². The van der Waals surface area contributed by atoms with Gasteiger partial charge in [0, 0.05) is 37.6 Å². The SMILES string of the molecule is CC(C)(N)CN1CC[C@@H](Oc2ccncc2)C1. The van der Waals surface area contributed by atoms with E-state index in [1.807, 2.05) is 12.1 Å². The van der Waals surface area contributed by atoms with Crippen molar-refractivity contribution in [3.05, 3.63) is 24.5 Å². The van der Waals surface area contributed by atoms with Gasteiger partial charge in [-0.05, 0) is 32.4 Å². The molecule has 1 aromatic rings. The van der Waals surface area contributed by atoms with Gasteiger partial charge in [-0.1, -0.05) is 0 Å². The lowest BCUT2D eigenvalue weighted by molar-refractivity contribution is 0.190. The van der Waals surface area contributed by atoms with Gasteiger partial charge in [-0.25, -0.2) is 0 Å². The fraction of sp³-hybridized carbons (Fsp3) is 0.615. The topological polar surface area (TPSA) is 51.4 Å². The number of nitrogens with two attached hydrogens (primary N) is 1. The van der Waals surface area contributed by atoms with E-state index in [1.54, 1.807) is 12.4 Å². The quantitative estimate of drug-likeness (QED) is 0.854. The first-order valence-corrected chi connectivity index (χ1v) is 6.11. The van der Waals surface area contributed by atoms with Gasteiger partial charge in [-0.2, -0.15) is 0 Å². The van der Waals surface area contributed by atoms with Crippen LogP contribution in [0, 0.1) is 0 Å². The maximum absolute atomic E-state index is 6.02. The van der Waals surface area contributed by atoms with Crippen LogP contribution in [0.2, 0.25) is 0 Å². The lowest BCUT2D eigenvalue weighted by Gasteiger charge is -2.26. The molecular weight excluding hydrogens is 214 g/mol. The first-order chi connectivity index (χ1) is 8.03. The van der Waals surface area contributed by atoms with Crippen LogP contribution in [0.15, 0.2) is 24.5 Å². The lowest BCUT2D eigenvalue weighted by Crippen LogP contribution is -2.44. The highest BCUT2D eigenvalue weighted by molar-refractivity contribution is 5.17. The van der Waals surface area contributed by atoms with Gasteiger partial charge in [0.15, 0.2) is 0 Å². The molecule has 2 rings (SSSR count). The van der Waals surface area contributed by atoms with Gasteiger partial charge < -0.3 is 10.5 Å². The highest BCUT2D eigenvalue weighted by Crippen LogP contribution is 2.18. The van der Waals surface area contributed by atoms with Crippen molar-refractivity contribution in [2.24, 2.45) is 5.73 Å². The average Bonchev–Trinajstić information content (AvgIpc) is 2.64. The maximum atomic E-state index is 6.02. The number of likely N-dealkylation sites (tertiary alicyclic amines) is 1. The molecule has 0 unspecified atom stereocenters. The minimum Gasteiger partial charge on any atom is -0.489 e. The molecule has 1 aliphatic rings. The van der Waals surface area contributed by atoms with Gasteiger partial charge in [0.2, 0.25) is 0 Å². The summed E-state index contributed by atoms with van der Waals surface area (Å²) in [7, 11) is 0. The molecule has 17 heavy (non-hydrogen) atoms. The summed E-state index contributed by atoms with van der Waals surface area (Å²) in [6, 6.07) is 3.80. The average molecular weight is 235 g/mol. The van der Waals surface area contributed by atoms with E-state index in [2.05, 4.69) is 23.7 Å². The molecule has 1 fully saturated rings. The third kappa shape index (κ3) is 3.98. The number of pyridine rings is 1. The van der Waals surface area contributed by atoms with Gasteiger partial charge in [0.1, 0.15) is 11.9 Å². The van der Waals surface area contributed by atoms with Crippen LogP contribution < -0.4 is 10.5 Å². The zero-order valence-electron chi connectivity index (χ0n) is 10.6. The van der Waals surface area contributed by atoms with Crippen molar-refractivity contribution in [2.75, 3.05) is 19.6 Å². The molecule has 0 amide bonds. The molecular formula is C13H21N3O. The standard InChI is InChI=1S/C13H21N3O/c1-13(2,14)10-16-8-5-12(9-16)17-11-3-6-15-7-4-11/h3-4,6-7,12H,5,8-10,14H2,1-2H3/t12-/m1/s1. The largest absolute Gasteiger partial charge is 0.489 e. The van der Waals surface area contributed by atoms with E-state index in [4.69, 9.17) is 10.5 Å². The Labute approximate surface area is 103 Å². The Bertz CT molecular complexity index is 347. The van der Waals surface area contributed by atoms with E-state index < -0.39 is 0 Å². The number of aromatic nitrogens is 1. The predicted octanol–water partition coefficient (Wildman–Crippen LogP) is 1.27. The van der Waals surface area contributed by atoms with Gasteiger partial charge in [-0.3, -0.25) is 9.88 Å². The van der Waals surface area contributed by atoms with Crippen LogP contribution in [0.3, 0.4) is 0 Å². The van der Waals surface area contributed by atoms with E-state index in [1.165, 1.54) is 0 Å². The third-order valence-electron chi connectivity index (χ3n) is 2.81. The van der Waals surface area contributed by atoms with Gasteiger partial charge in [-0.15, -0.1) is 0 Å². The highest BCUT2D eigenvalue weighted by atomic mass is 16.5. The van der Waals surface area contributed by atoms with Crippen LogP contribution in [-0.4, -0.2) is 41.2 Å². The predicted molar refractivity (Wildman–Crippen MR) is 68.0 cm³/mol. The summed E-state index contributed by atoms with van der Waals surface area (Å²) in [5, 5.41) is 0. The number of hydrogen-bond acceptors (Lipinski definition) is 4. The first-order valence-electron chi connectivity index (χ1n) is 6.11. The molecule has 0 bridgehead atoms. The van der Waals surface area contributed by atoms with Gasteiger partial charge in [0.25, 0.3) is 0 Å². The minimum atomic E-state index is -0.133. The molecule has 0 aromatic carbocycles. The van der Waals surface area contributed by atoms with E-state index in [0.29, 0.717) is 0 Å². The molecule has 2 heterocycles. The molecule has 4 nitrogen and oxygen atoms in total. The molecule has 0 spiro atoms. The molecule has 2 N–H and O–H groups in total. The second-order valence-electron chi connectivity index (χ2n) is 5.44. The van der Waals surface area contributed by atoms with Crippen molar-refractivity contribution in [1.82, 2.24) is 9.88 Å². The minimum absolute atomic E-state index is 0.133. The van der Waals surface area contributed by atoms with Crippen LogP contribution >= 0.6 is 0 Å². The Hall–Kier alpha value is -1.13. The molecule has 0 saturated carbocycles. The first kappa shape index (κ1) is 12.3. The van der Waals surface area contributed by atoms with Crippen molar-refractivity contribution in [1.29, 1.82) is 0 Å². The molecule has 1 atom stereocenters. The van der Waals surface area contributed by atoms with E-state index >= 15 is 0 Å². The molecule has 0 aliphatic carbocycles. The number of nitrogens with zero attached hydrogens (tertiary/aromatic N) is 2. The van der Waals surface area contributed by atoms with Crippen molar-refractivity contribution in [2.45, 2.75) is 31.9 Å². The molecule has 4 heteroatoms. The zero-order valence-corrected chi connectivity index (χ0v) is 10.6. The monoisotopic (exact) mass is 235 g/mol. The molecule has 0 radical (unpaired) electrons.